The zero-order valence-corrected chi connectivity index (χ0v) is 11.0. The van der Waals surface area contributed by atoms with Crippen LogP contribution in [-0.4, -0.2) is 21.9 Å². The molecule has 0 saturated heterocycles. The lowest BCUT2D eigenvalue weighted by Gasteiger charge is -2.04. The highest BCUT2D eigenvalue weighted by atomic mass is 19.1. The van der Waals surface area contributed by atoms with Crippen molar-refractivity contribution < 1.29 is 18.4 Å². The van der Waals surface area contributed by atoms with Crippen LogP contribution in [0.5, 0.6) is 0 Å². The van der Waals surface area contributed by atoms with E-state index in [1.807, 2.05) is 0 Å². The molecule has 0 aliphatic heterocycles. The topological polar surface area (TPSA) is 74.8 Å². The molecule has 0 aliphatic carbocycles. The van der Waals surface area contributed by atoms with Crippen LogP contribution in [0.4, 0.5) is 8.78 Å². The molecular weight excluding hydrogens is 280 g/mol. The van der Waals surface area contributed by atoms with Gasteiger partial charge < -0.3 is 5.32 Å². The van der Waals surface area contributed by atoms with Crippen LogP contribution in [0.1, 0.15) is 28.9 Å². The van der Waals surface area contributed by atoms with Gasteiger partial charge in [0.2, 0.25) is 5.91 Å². The lowest BCUT2D eigenvalue weighted by molar-refractivity contribution is -0.121. The third-order valence-electron chi connectivity index (χ3n) is 2.85. The Labute approximate surface area is 119 Å². The first-order chi connectivity index (χ1) is 10.1. The Morgan fingerprint density at radius 3 is 2.67 bits per heavy atom. The molecule has 5 nitrogen and oxygen atoms in total. The molecule has 0 saturated carbocycles. The van der Waals surface area contributed by atoms with Crippen molar-refractivity contribution in [2.24, 2.45) is 0 Å². The van der Waals surface area contributed by atoms with Gasteiger partial charge in [0.25, 0.3) is 0 Å². The largest absolute Gasteiger partial charge is 0.350 e. The number of carbonyl (C=O) groups is 2. The summed E-state index contributed by atoms with van der Waals surface area (Å²) in [5.41, 5.74) is 0.525. The lowest BCUT2D eigenvalue weighted by atomic mass is 10.1. The number of benzene rings is 1. The maximum atomic E-state index is 13.4. The summed E-state index contributed by atoms with van der Waals surface area (Å²) in [5, 5.41) is 9.01. The number of nitrogens with one attached hydrogen (secondary N) is 2. The van der Waals surface area contributed by atoms with Crippen LogP contribution in [0.3, 0.4) is 0 Å². The Bertz CT molecular complexity index is 642. The molecule has 0 atom stereocenters. The second-order valence-corrected chi connectivity index (χ2v) is 4.41. The fourth-order valence-corrected chi connectivity index (χ4v) is 1.74. The minimum Gasteiger partial charge on any atom is -0.350 e. The Kier molecular flexibility index (Phi) is 4.76. The molecule has 21 heavy (non-hydrogen) atoms. The standard InChI is InChI=1S/C14H13F2N3O2/c15-9-1-2-11(12(16)7-9)13(20)3-4-14(21)17-8-10-5-6-18-19-10/h1-2,5-7H,3-4,8H2,(H,17,21)(H,18,19). The number of aromatic nitrogens is 2. The normalized spacial score (nSPS) is 10.4. The molecule has 2 aromatic rings. The van der Waals surface area contributed by atoms with Gasteiger partial charge in [-0.2, -0.15) is 5.10 Å². The van der Waals surface area contributed by atoms with Crippen LogP contribution >= 0.6 is 0 Å². The number of amides is 1. The zero-order valence-electron chi connectivity index (χ0n) is 11.0. The van der Waals surface area contributed by atoms with E-state index in [-0.39, 0.29) is 30.9 Å². The average molecular weight is 293 g/mol. The molecule has 1 heterocycles. The van der Waals surface area contributed by atoms with E-state index in [1.165, 1.54) is 0 Å². The number of H-pyrrole nitrogens is 1. The van der Waals surface area contributed by atoms with Gasteiger partial charge in [-0.3, -0.25) is 14.7 Å². The van der Waals surface area contributed by atoms with Crippen LogP contribution in [0.2, 0.25) is 0 Å². The fourth-order valence-electron chi connectivity index (χ4n) is 1.74. The zero-order chi connectivity index (χ0) is 15.2. The maximum Gasteiger partial charge on any atom is 0.220 e. The highest BCUT2D eigenvalue weighted by molar-refractivity contribution is 5.98. The molecule has 7 heteroatoms. The van der Waals surface area contributed by atoms with Gasteiger partial charge >= 0.3 is 0 Å². The molecule has 0 fully saturated rings. The Morgan fingerprint density at radius 2 is 2.00 bits per heavy atom. The third-order valence-corrected chi connectivity index (χ3v) is 2.85. The molecule has 0 bridgehead atoms. The predicted molar refractivity (Wildman–Crippen MR) is 70.4 cm³/mol. The minimum absolute atomic E-state index is 0.0657. The van der Waals surface area contributed by atoms with Crippen molar-refractivity contribution >= 4 is 11.7 Å². The van der Waals surface area contributed by atoms with E-state index >= 15 is 0 Å². The Morgan fingerprint density at radius 1 is 1.19 bits per heavy atom. The second kappa shape index (κ2) is 6.74. The first-order valence-electron chi connectivity index (χ1n) is 6.29. The number of halogens is 2. The van der Waals surface area contributed by atoms with Gasteiger partial charge in [0.1, 0.15) is 11.6 Å². The van der Waals surface area contributed by atoms with E-state index in [0.29, 0.717) is 6.07 Å². The molecule has 1 aromatic carbocycles. The van der Waals surface area contributed by atoms with Crippen molar-refractivity contribution in [2.75, 3.05) is 0 Å². The van der Waals surface area contributed by atoms with E-state index in [2.05, 4.69) is 15.5 Å². The van der Waals surface area contributed by atoms with Crippen molar-refractivity contribution in [1.29, 1.82) is 0 Å². The van der Waals surface area contributed by atoms with E-state index in [0.717, 1.165) is 17.8 Å². The van der Waals surface area contributed by atoms with E-state index in [1.54, 1.807) is 12.3 Å². The number of nitrogens with zero attached hydrogens (tertiary/aromatic N) is 1. The first-order valence-corrected chi connectivity index (χ1v) is 6.29. The molecule has 1 aromatic heterocycles. The van der Waals surface area contributed by atoms with E-state index in [4.69, 9.17) is 0 Å². The van der Waals surface area contributed by atoms with Gasteiger partial charge in [-0.25, -0.2) is 8.78 Å². The average Bonchev–Trinajstić information content (AvgIpc) is 2.95. The van der Waals surface area contributed by atoms with Crippen molar-refractivity contribution in [3.8, 4) is 0 Å². The lowest BCUT2D eigenvalue weighted by Crippen LogP contribution is -2.23. The van der Waals surface area contributed by atoms with Crippen LogP contribution in [0.15, 0.2) is 30.5 Å². The Balaban J connectivity index is 1.81. The summed E-state index contributed by atoms with van der Waals surface area (Å²) >= 11 is 0. The highest BCUT2D eigenvalue weighted by Crippen LogP contribution is 2.12. The van der Waals surface area contributed by atoms with Gasteiger partial charge in [0.05, 0.1) is 17.8 Å². The summed E-state index contributed by atoms with van der Waals surface area (Å²) in [6, 6.07) is 4.44. The molecule has 2 N–H and O–H groups in total. The second-order valence-electron chi connectivity index (χ2n) is 4.41. The molecule has 0 spiro atoms. The fraction of sp³-hybridized carbons (Fsp3) is 0.214. The number of hydrogen-bond donors (Lipinski definition) is 2. The molecule has 1 amide bonds. The highest BCUT2D eigenvalue weighted by Gasteiger charge is 2.14. The minimum atomic E-state index is -0.919. The quantitative estimate of drug-likeness (QED) is 0.800. The van der Waals surface area contributed by atoms with E-state index < -0.39 is 17.4 Å². The van der Waals surface area contributed by atoms with Gasteiger partial charge in [-0.1, -0.05) is 0 Å². The summed E-state index contributed by atoms with van der Waals surface area (Å²) in [7, 11) is 0. The number of rotatable bonds is 6. The summed E-state index contributed by atoms with van der Waals surface area (Å²) in [4.78, 5) is 23.3. The maximum absolute atomic E-state index is 13.4. The van der Waals surface area contributed by atoms with E-state index in [9.17, 15) is 18.4 Å². The smallest absolute Gasteiger partial charge is 0.220 e. The number of carbonyl (C=O) groups excluding carboxylic acids is 2. The van der Waals surface area contributed by atoms with Gasteiger partial charge in [-0.15, -0.1) is 0 Å². The van der Waals surface area contributed by atoms with Gasteiger partial charge in [0.15, 0.2) is 5.78 Å². The van der Waals surface area contributed by atoms with Gasteiger partial charge in [0, 0.05) is 25.1 Å². The van der Waals surface area contributed by atoms with Crippen molar-refractivity contribution in [2.45, 2.75) is 19.4 Å². The summed E-state index contributed by atoms with van der Waals surface area (Å²) in [6.07, 6.45) is 1.35. The predicted octanol–water partition coefficient (Wildman–Crippen LogP) is 1.97. The SMILES string of the molecule is O=C(CCC(=O)c1ccc(F)cc1F)NCc1ccn[nH]1. The summed E-state index contributed by atoms with van der Waals surface area (Å²) in [6.45, 7) is 0.276. The summed E-state index contributed by atoms with van der Waals surface area (Å²) < 4.78 is 26.1. The number of aromatic amines is 1. The number of ketones is 1. The van der Waals surface area contributed by atoms with Crippen LogP contribution in [0, 0.1) is 11.6 Å². The number of Topliss-reactive ketones (excluding diaryl/α,β-unsaturated/α-hetero) is 1. The molecule has 0 radical (unpaired) electrons. The first kappa shape index (κ1) is 14.8. The van der Waals surface area contributed by atoms with Gasteiger partial charge in [-0.05, 0) is 18.2 Å². The van der Waals surface area contributed by atoms with Crippen LogP contribution in [0.25, 0.3) is 0 Å². The summed E-state index contributed by atoms with van der Waals surface area (Å²) in [5.74, 6) is -2.54. The van der Waals surface area contributed by atoms with Crippen molar-refractivity contribution in [1.82, 2.24) is 15.5 Å². The van der Waals surface area contributed by atoms with Crippen LogP contribution in [-0.2, 0) is 11.3 Å². The molecule has 2 rings (SSSR count). The monoisotopic (exact) mass is 293 g/mol. The molecular formula is C14H13F2N3O2. The molecule has 110 valence electrons. The van der Waals surface area contributed by atoms with Crippen molar-refractivity contribution in [3.63, 3.8) is 0 Å². The molecule has 0 unspecified atom stereocenters. The Hall–Kier alpha value is -2.57. The molecule has 0 aliphatic rings. The number of hydrogen-bond acceptors (Lipinski definition) is 3. The van der Waals surface area contributed by atoms with Crippen molar-refractivity contribution in [3.05, 3.63) is 53.4 Å². The third kappa shape index (κ3) is 4.20. The van der Waals surface area contributed by atoms with Crippen LogP contribution < -0.4 is 5.32 Å².